The van der Waals surface area contributed by atoms with E-state index in [4.69, 9.17) is 0 Å². The molecule has 0 radical (unpaired) electrons. The number of aliphatic hydroxyl groups is 1. The number of likely N-dealkylation sites (tertiary alicyclic amines) is 1. The van der Waals surface area contributed by atoms with Crippen LogP contribution >= 0.6 is 0 Å². The average molecular weight is 300 g/mol. The van der Waals surface area contributed by atoms with Gasteiger partial charge in [0.1, 0.15) is 0 Å². The standard InChI is InChI=1S/C17H20N2O3/c1-11-6-7-19(9-12(11)10-20)17(22)15-8-18-16(21)14-5-3-2-4-13(14)15/h2-5,8,11-12,20H,6-7,9-10H2,1H3,(H,18,21). The Balaban J connectivity index is 1.96. The van der Waals surface area contributed by atoms with Crippen LogP contribution in [0.5, 0.6) is 0 Å². The van der Waals surface area contributed by atoms with E-state index in [0.29, 0.717) is 35.3 Å². The van der Waals surface area contributed by atoms with E-state index in [-0.39, 0.29) is 24.0 Å². The van der Waals surface area contributed by atoms with Gasteiger partial charge in [0.05, 0.1) is 5.56 Å². The molecule has 1 fully saturated rings. The summed E-state index contributed by atoms with van der Waals surface area (Å²) in [4.78, 5) is 29.1. The molecular formula is C17H20N2O3. The Kier molecular flexibility index (Phi) is 3.98. The van der Waals surface area contributed by atoms with E-state index in [0.717, 1.165) is 6.42 Å². The second-order valence-corrected chi connectivity index (χ2v) is 6.04. The highest BCUT2D eigenvalue weighted by Gasteiger charge is 2.29. The smallest absolute Gasteiger partial charge is 0.255 e. The molecule has 2 unspecified atom stereocenters. The van der Waals surface area contributed by atoms with E-state index < -0.39 is 0 Å². The van der Waals surface area contributed by atoms with Crippen LogP contribution in [0.4, 0.5) is 0 Å². The molecule has 2 N–H and O–H groups in total. The molecule has 1 aromatic carbocycles. The summed E-state index contributed by atoms with van der Waals surface area (Å²) in [6, 6.07) is 7.14. The number of aliphatic hydroxyl groups excluding tert-OH is 1. The Morgan fingerprint density at radius 2 is 2.09 bits per heavy atom. The number of aromatic amines is 1. The molecular weight excluding hydrogens is 280 g/mol. The molecule has 116 valence electrons. The summed E-state index contributed by atoms with van der Waals surface area (Å²) in [7, 11) is 0. The minimum Gasteiger partial charge on any atom is -0.396 e. The second-order valence-electron chi connectivity index (χ2n) is 6.04. The molecule has 5 heteroatoms. The van der Waals surface area contributed by atoms with Crippen LogP contribution in [-0.4, -0.2) is 40.6 Å². The summed E-state index contributed by atoms with van der Waals surface area (Å²) >= 11 is 0. The lowest BCUT2D eigenvalue weighted by atomic mass is 9.87. The number of hydrogen-bond acceptors (Lipinski definition) is 3. The van der Waals surface area contributed by atoms with Crippen LogP contribution in [0.15, 0.2) is 35.3 Å². The third-order valence-corrected chi connectivity index (χ3v) is 4.68. The molecule has 2 atom stereocenters. The van der Waals surface area contributed by atoms with Crippen molar-refractivity contribution in [1.82, 2.24) is 9.88 Å². The lowest BCUT2D eigenvalue weighted by Crippen LogP contribution is -2.44. The SMILES string of the molecule is CC1CCN(C(=O)c2c[nH]c(=O)c3ccccc23)CC1CO. The molecule has 1 aromatic heterocycles. The Bertz CT molecular complexity index is 753. The van der Waals surface area contributed by atoms with Crippen molar-refractivity contribution in [2.45, 2.75) is 13.3 Å². The zero-order chi connectivity index (χ0) is 15.7. The molecule has 22 heavy (non-hydrogen) atoms. The molecule has 0 aliphatic carbocycles. The fraction of sp³-hybridized carbons (Fsp3) is 0.412. The first-order valence-corrected chi connectivity index (χ1v) is 7.62. The monoisotopic (exact) mass is 300 g/mol. The number of fused-ring (bicyclic) bond motifs is 1. The first kappa shape index (κ1) is 14.8. The van der Waals surface area contributed by atoms with Gasteiger partial charge >= 0.3 is 0 Å². The quantitative estimate of drug-likeness (QED) is 0.885. The second kappa shape index (κ2) is 5.93. The third kappa shape index (κ3) is 2.52. The summed E-state index contributed by atoms with van der Waals surface area (Å²) in [5.74, 6) is 0.450. The van der Waals surface area contributed by atoms with Gasteiger partial charge in [0.25, 0.3) is 11.5 Å². The van der Waals surface area contributed by atoms with E-state index in [1.165, 1.54) is 6.20 Å². The van der Waals surface area contributed by atoms with Gasteiger partial charge in [0.2, 0.25) is 0 Å². The Labute approximate surface area is 128 Å². The fourth-order valence-corrected chi connectivity index (χ4v) is 3.13. The maximum atomic E-state index is 12.8. The van der Waals surface area contributed by atoms with Crippen molar-refractivity contribution in [3.05, 3.63) is 46.4 Å². The number of carbonyl (C=O) groups excluding carboxylic acids is 1. The topological polar surface area (TPSA) is 73.4 Å². The average Bonchev–Trinajstić information content (AvgIpc) is 2.55. The molecule has 1 aliphatic rings. The maximum Gasteiger partial charge on any atom is 0.255 e. The van der Waals surface area contributed by atoms with Crippen LogP contribution in [0.1, 0.15) is 23.7 Å². The molecule has 2 aromatic rings. The molecule has 2 heterocycles. The molecule has 0 saturated carbocycles. The highest BCUT2D eigenvalue weighted by Crippen LogP contribution is 2.25. The van der Waals surface area contributed by atoms with E-state index in [1.807, 2.05) is 6.07 Å². The number of carbonyl (C=O) groups is 1. The predicted octanol–water partition coefficient (Wildman–Crippen LogP) is 1.62. The summed E-state index contributed by atoms with van der Waals surface area (Å²) in [5, 5.41) is 10.7. The maximum absolute atomic E-state index is 12.8. The molecule has 0 spiro atoms. The van der Waals surface area contributed by atoms with Gasteiger partial charge in [-0.3, -0.25) is 9.59 Å². The summed E-state index contributed by atoms with van der Waals surface area (Å²) in [6.45, 7) is 3.45. The van der Waals surface area contributed by atoms with Gasteiger partial charge < -0.3 is 15.0 Å². The highest BCUT2D eigenvalue weighted by molar-refractivity contribution is 6.06. The van der Waals surface area contributed by atoms with Crippen LogP contribution in [0.25, 0.3) is 10.8 Å². The van der Waals surface area contributed by atoms with Gasteiger partial charge in [-0.25, -0.2) is 0 Å². The van der Waals surface area contributed by atoms with Crippen molar-refractivity contribution in [1.29, 1.82) is 0 Å². The number of pyridine rings is 1. The first-order valence-electron chi connectivity index (χ1n) is 7.62. The summed E-state index contributed by atoms with van der Waals surface area (Å²) in [5.41, 5.74) is 0.328. The number of piperidine rings is 1. The largest absolute Gasteiger partial charge is 0.396 e. The molecule has 3 rings (SSSR count). The van der Waals surface area contributed by atoms with Gasteiger partial charge in [0, 0.05) is 42.6 Å². The van der Waals surface area contributed by atoms with Gasteiger partial charge in [-0.2, -0.15) is 0 Å². The number of amides is 1. The minimum absolute atomic E-state index is 0.0854. The van der Waals surface area contributed by atoms with E-state index in [1.54, 1.807) is 23.1 Å². The van der Waals surface area contributed by atoms with E-state index >= 15 is 0 Å². The number of hydrogen-bond donors (Lipinski definition) is 2. The zero-order valence-corrected chi connectivity index (χ0v) is 12.6. The lowest BCUT2D eigenvalue weighted by molar-refractivity contribution is 0.0513. The summed E-state index contributed by atoms with van der Waals surface area (Å²) < 4.78 is 0. The number of nitrogens with zero attached hydrogens (tertiary/aromatic N) is 1. The predicted molar refractivity (Wildman–Crippen MR) is 84.8 cm³/mol. The van der Waals surface area contributed by atoms with Crippen molar-refractivity contribution in [3.63, 3.8) is 0 Å². The number of nitrogens with one attached hydrogen (secondary N) is 1. The molecule has 5 nitrogen and oxygen atoms in total. The van der Waals surface area contributed by atoms with Crippen molar-refractivity contribution in [3.8, 4) is 0 Å². The zero-order valence-electron chi connectivity index (χ0n) is 12.6. The van der Waals surface area contributed by atoms with Crippen LogP contribution < -0.4 is 5.56 Å². The van der Waals surface area contributed by atoms with E-state index in [9.17, 15) is 14.7 Å². The van der Waals surface area contributed by atoms with Crippen LogP contribution in [0.2, 0.25) is 0 Å². The Hall–Kier alpha value is -2.14. The fourth-order valence-electron chi connectivity index (χ4n) is 3.13. The number of benzene rings is 1. The number of aromatic nitrogens is 1. The van der Waals surface area contributed by atoms with Crippen molar-refractivity contribution >= 4 is 16.7 Å². The lowest BCUT2D eigenvalue weighted by Gasteiger charge is -2.36. The van der Waals surface area contributed by atoms with Crippen LogP contribution in [0.3, 0.4) is 0 Å². The van der Waals surface area contributed by atoms with Crippen LogP contribution in [0, 0.1) is 11.8 Å². The van der Waals surface area contributed by atoms with Crippen molar-refractivity contribution in [2.24, 2.45) is 11.8 Å². The molecule has 1 saturated heterocycles. The van der Waals surface area contributed by atoms with Crippen molar-refractivity contribution < 1.29 is 9.90 Å². The molecule has 1 aliphatic heterocycles. The summed E-state index contributed by atoms with van der Waals surface area (Å²) in [6.07, 6.45) is 2.39. The van der Waals surface area contributed by atoms with Gasteiger partial charge in [-0.1, -0.05) is 25.1 Å². The van der Waals surface area contributed by atoms with Gasteiger partial charge in [-0.05, 0) is 18.4 Å². The van der Waals surface area contributed by atoms with Gasteiger partial charge in [-0.15, -0.1) is 0 Å². The van der Waals surface area contributed by atoms with Crippen molar-refractivity contribution in [2.75, 3.05) is 19.7 Å². The first-order chi connectivity index (χ1) is 10.6. The highest BCUT2D eigenvalue weighted by atomic mass is 16.3. The number of H-pyrrole nitrogens is 1. The minimum atomic E-state index is -0.187. The number of rotatable bonds is 2. The normalized spacial score (nSPS) is 22.0. The van der Waals surface area contributed by atoms with Crippen LogP contribution in [-0.2, 0) is 0 Å². The Morgan fingerprint density at radius 3 is 2.82 bits per heavy atom. The molecule has 1 amide bonds. The van der Waals surface area contributed by atoms with Gasteiger partial charge in [0.15, 0.2) is 0 Å². The Morgan fingerprint density at radius 1 is 1.36 bits per heavy atom. The third-order valence-electron chi connectivity index (χ3n) is 4.68. The van der Waals surface area contributed by atoms with E-state index in [2.05, 4.69) is 11.9 Å². The molecule has 0 bridgehead atoms.